The number of carbonyl (C=O) groups is 5. The first-order chi connectivity index (χ1) is 21.0. The number of carboxylic acid groups (broad SMARTS) is 1. The molecule has 3 rings (SSSR count). The molecule has 0 spiro atoms. The Bertz CT molecular complexity index is 1340. The maximum atomic E-state index is 13.6. The second kappa shape index (κ2) is 16.8. The van der Waals surface area contributed by atoms with Crippen LogP contribution in [0.2, 0.25) is 0 Å². The Morgan fingerprint density at radius 2 is 1.57 bits per heavy atom. The first kappa shape index (κ1) is 34.6. The Morgan fingerprint density at radius 3 is 2.18 bits per heavy atom. The lowest BCUT2D eigenvalue weighted by atomic mass is 10.0. The molecular weight excluding hydrogens is 608 g/mol. The summed E-state index contributed by atoms with van der Waals surface area (Å²) in [6.07, 6.45) is 1.11. The Labute approximate surface area is 263 Å². The highest BCUT2D eigenvalue weighted by atomic mass is 33.1. The molecule has 1 aliphatic heterocycles. The fraction of sp³-hybridized carbons (Fsp3) is 0.433. The van der Waals surface area contributed by atoms with Crippen molar-refractivity contribution in [1.29, 1.82) is 0 Å². The highest BCUT2D eigenvalue weighted by Gasteiger charge is 2.32. The first-order valence-corrected chi connectivity index (χ1v) is 16.4. The fourth-order valence-corrected chi connectivity index (χ4v) is 7.24. The number of rotatable bonds is 17. The molecule has 4 amide bonds. The monoisotopic (exact) mass is 644 g/mol. The van der Waals surface area contributed by atoms with Crippen molar-refractivity contribution in [2.75, 3.05) is 6.54 Å². The van der Waals surface area contributed by atoms with Gasteiger partial charge in [0.15, 0.2) is 0 Å². The van der Waals surface area contributed by atoms with Gasteiger partial charge in [0, 0.05) is 31.9 Å². The minimum Gasteiger partial charge on any atom is -0.480 e. The second-order valence-electron chi connectivity index (χ2n) is 10.8. The SMILES string of the molecule is CC(C)CC(NC(=O)C(CCCN1C(=O)CCC1=O)SSc1ccccc1[N+](=O)[O-])C(=O)N[C@@H](Cc1ccccc1)C(=O)O. The van der Waals surface area contributed by atoms with Crippen LogP contribution in [-0.2, 0) is 30.4 Å². The quantitative estimate of drug-likeness (QED) is 0.0988. The molecule has 1 saturated heterocycles. The minimum atomic E-state index is -1.22. The molecule has 1 fully saturated rings. The van der Waals surface area contributed by atoms with Gasteiger partial charge in [0.25, 0.3) is 5.69 Å². The number of nitro benzene ring substituents is 1. The largest absolute Gasteiger partial charge is 0.480 e. The van der Waals surface area contributed by atoms with Crippen LogP contribution in [0.15, 0.2) is 59.5 Å². The highest BCUT2D eigenvalue weighted by Crippen LogP contribution is 2.41. The van der Waals surface area contributed by atoms with E-state index in [9.17, 15) is 39.2 Å². The number of carboxylic acids is 1. The van der Waals surface area contributed by atoms with E-state index in [0.717, 1.165) is 27.2 Å². The van der Waals surface area contributed by atoms with E-state index in [2.05, 4.69) is 10.6 Å². The standard InChI is InChI=1S/C30H36N4O8S2/c1-19(2)17-21(28(37)32-22(30(39)40)18-20-9-4-3-5-10-20)31-29(38)25(13-8-16-33-26(35)14-15-27(33)36)44-43-24-12-7-6-11-23(24)34(41)42/h3-7,9-12,19,21-22,25H,8,13-18H2,1-2H3,(H,31,38)(H,32,37)(H,39,40)/t21?,22-,25?/m0/s1. The van der Waals surface area contributed by atoms with Gasteiger partial charge in [-0.1, -0.05) is 67.1 Å². The van der Waals surface area contributed by atoms with Crippen molar-refractivity contribution in [2.24, 2.45) is 5.92 Å². The number of aliphatic carboxylic acids is 1. The molecule has 0 aliphatic carbocycles. The summed E-state index contributed by atoms with van der Waals surface area (Å²) in [5.41, 5.74) is 0.607. The van der Waals surface area contributed by atoms with Crippen LogP contribution in [0, 0.1) is 16.0 Å². The number of nitro groups is 1. The van der Waals surface area contributed by atoms with Crippen LogP contribution in [-0.4, -0.2) is 68.4 Å². The Hall–Kier alpha value is -3.91. The summed E-state index contributed by atoms with van der Waals surface area (Å²) in [6, 6.07) is 12.7. The smallest absolute Gasteiger partial charge is 0.326 e. The molecule has 3 N–H and O–H groups in total. The summed E-state index contributed by atoms with van der Waals surface area (Å²) in [7, 11) is 2.13. The normalized spacial score (nSPS) is 15.1. The summed E-state index contributed by atoms with van der Waals surface area (Å²) in [4.78, 5) is 75.5. The topological polar surface area (TPSA) is 176 Å². The average Bonchev–Trinajstić information content (AvgIpc) is 3.30. The van der Waals surface area contributed by atoms with Crippen molar-refractivity contribution in [3.05, 3.63) is 70.3 Å². The number of imide groups is 1. The third kappa shape index (κ3) is 10.4. The van der Waals surface area contributed by atoms with Crippen LogP contribution in [0.5, 0.6) is 0 Å². The Kier molecular flexibility index (Phi) is 13.2. The molecule has 0 bridgehead atoms. The zero-order valence-corrected chi connectivity index (χ0v) is 26.1. The molecule has 14 heteroatoms. The lowest BCUT2D eigenvalue weighted by molar-refractivity contribution is -0.387. The third-order valence-electron chi connectivity index (χ3n) is 6.85. The summed E-state index contributed by atoms with van der Waals surface area (Å²) in [5.74, 6) is -2.93. The minimum absolute atomic E-state index is 0.0249. The number of amides is 4. The van der Waals surface area contributed by atoms with Crippen molar-refractivity contribution < 1.29 is 34.0 Å². The van der Waals surface area contributed by atoms with Gasteiger partial charge in [-0.05, 0) is 47.6 Å². The second-order valence-corrected chi connectivity index (χ2v) is 13.2. The highest BCUT2D eigenvalue weighted by molar-refractivity contribution is 8.77. The van der Waals surface area contributed by atoms with Crippen LogP contribution < -0.4 is 10.6 Å². The first-order valence-electron chi connectivity index (χ1n) is 14.2. The molecule has 0 radical (unpaired) electrons. The van der Waals surface area contributed by atoms with Gasteiger partial charge in [-0.25, -0.2) is 4.79 Å². The molecule has 2 aromatic rings. The lowest BCUT2D eigenvalue weighted by Crippen LogP contribution is -2.53. The van der Waals surface area contributed by atoms with E-state index in [1.807, 2.05) is 13.8 Å². The van der Waals surface area contributed by atoms with Crippen molar-refractivity contribution in [1.82, 2.24) is 15.5 Å². The molecule has 3 atom stereocenters. The summed E-state index contributed by atoms with van der Waals surface area (Å²) >= 11 is 0. The van der Waals surface area contributed by atoms with E-state index in [4.69, 9.17) is 0 Å². The number of nitrogens with one attached hydrogen (secondary N) is 2. The van der Waals surface area contributed by atoms with Crippen molar-refractivity contribution >= 4 is 56.9 Å². The van der Waals surface area contributed by atoms with Gasteiger partial charge in [0.1, 0.15) is 12.1 Å². The molecule has 1 heterocycles. The van der Waals surface area contributed by atoms with E-state index in [1.54, 1.807) is 48.5 Å². The third-order valence-corrected chi connectivity index (χ3v) is 9.68. The van der Waals surface area contributed by atoms with Crippen molar-refractivity contribution in [3.8, 4) is 0 Å². The van der Waals surface area contributed by atoms with Crippen LogP contribution in [0.4, 0.5) is 5.69 Å². The van der Waals surface area contributed by atoms with Crippen LogP contribution in [0.25, 0.3) is 0 Å². The molecule has 44 heavy (non-hydrogen) atoms. The molecule has 2 unspecified atom stereocenters. The molecule has 236 valence electrons. The zero-order chi connectivity index (χ0) is 32.2. The van der Waals surface area contributed by atoms with Gasteiger partial charge in [0.2, 0.25) is 23.6 Å². The lowest BCUT2D eigenvalue weighted by Gasteiger charge is -2.25. The number of benzene rings is 2. The van der Waals surface area contributed by atoms with Crippen molar-refractivity contribution in [3.63, 3.8) is 0 Å². The molecule has 12 nitrogen and oxygen atoms in total. The summed E-state index contributed by atoms with van der Waals surface area (Å²) in [6.45, 7) is 3.87. The number of hydrogen-bond acceptors (Lipinski definition) is 9. The van der Waals surface area contributed by atoms with Crippen LogP contribution in [0.1, 0.15) is 51.5 Å². The molecule has 0 saturated carbocycles. The molecule has 2 aromatic carbocycles. The maximum absolute atomic E-state index is 13.6. The van der Waals surface area contributed by atoms with E-state index < -0.39 is 40.0 Å². The predicted molar refractivity (Wildman–Crippen MR) is 167 cm³/mol. The van der Waals surface area contributed by atoms with E-state index in [1.165, 1.54) is 11.0 Å². The van der Waals surface area contributed by atoms with Gasteiger partial charge in [-0.3, -0.25) is 34.2 Å². The molecular formula is C30H36N4O8S2. The van der Waals surface area contributed by atoms with Gasteiger partial charge in [-0.15, -0.1) is 0 Å². The van der Waals surface area contributed by atoms with E-state index in [0.29, 0.717) is 11.3 Å². The number of nitrogens with zero attached hydrogens (tertiary/aromatic N) is 2. The summed E-state index contributed by atoms with van der Waals surface area (Å²) < 4.78 is 0. The summed E-state index contributed by atoms with van der Waals surface area (Å²) in [5, 5.41) is 25.8. The number of para-hydroxylation sites is 1. The number of likely N-dealkylation sites (tertiary alicyclic amines) is 1. The van der Waals surface area contributed by atoms with E-state index >= 15 is 0 Å². The van der Waals surface area contributed by atoms with Gasteiger partial charge in [-0.2, -0.15) is 0 Å². The molecule has 0 aromatic heterocycles. The Balaban J connectivity index is 1.75. The maximum Gasteiger partial charge on any atom is 0.326 e. The zero-order valence-electron chi connectivity index (χ0n) is 24.5. The fourth-order valence-electron chi connectivity index (χ4n) is 4.61. The van der Waals surface area contributed by atoms with Gasteiger partial charge < -0.3 is 15.7 Å². The van der Waals surface area contributed by atoms with Gasteiger partial charge in [0.05, 0.1) is 15.1 Å². The van der Waals surface area contributed by atoms with Gasteiger partial charge >= 0.3 is 5.97 Å². The number of carbonyl (C=O) groups excluding carboxylic acids is 4. The molecule has 1 aliphatic rings. The van der Waals surface area contributed by atoms with Crippen LogP contribution >= 0.6 is 21.6 Å². The van der Waals surface area contributed by atoms with Crippen molar-refractivity contribution in [2.45, 2.75) is 74.6 Å². The predicted octanol–water partition coefficient (Wildman–Crippen LogP) is 3.98. The van der Waals surface area contributed by atoms with E-state index in [-0.39, 0.29) is 62.1 Å². The Morgan fingerprint density at radius 1 is 0.955 bits per heavy atom. The van der Waals surface area contributed by atoms with Crippen LogP contribution in [0.3, 0.4) is 0 Å². The average molecular weight is 645 g/mol. The number of hydrogen-bond donors (Lipinski definition) is 3.